The van der Waals surface area contributed by atoms with Crippen molar-refractivity contribution in [3.63, 3.8) is 0 Å². The van der Waals surface area contributed by atoms with Gasteiger partial charge in [0.2, 0.25) is 5.91 Å². The summed E-state index contributed by atoms with van der Waals surface area (Å²) in [4.78, 5) is 21.7. The van der Waals surface area contributed by atoms with Crippen LogP contribution >= 0.6 is 0 Å². The van der Waals surface area contributed by atoms with Gasteiger partial charge in [0.05, 0.1) is 10.6 Å². The number of benzene rings is 2. The van der Waals surface area contributed by atoms with E-state index in [1.165, 1.54) is 24.3 Å². The van der Waals surface area contributed by atoms with Crippen LogP contribution in [0.1, 0.15) is 12.8 Å². The SMILES string of the molecule is O=C(CCCNc1ccc([N+](=O)[O-])cc1)Nc1cc(F)c(F)cc1F. The summed E-state index contributed by atoms with van der Waals surface area (Å²) in [5, 5.41) is 15.7. The van der Waals surface area contributed by atoms with Crippen LogP contribution in [0.25, 0.3) is 0 Å². The van der Waals surface area contributed by atoms with Crippen LogP contribution in [0.5, 0.6) is 0 Å². The first-order valence-electron chi connectivity index (χ1n) is 7.29. The third-order valence-corrected chi connectivity index (χ3v) is 3.27. The summed E-state index contributed by atoms with van der Waals surface area (Å²) in [5.41, 5.74) is 0.198. The molecular weight excluding hydrogens is 339 g/mol. The standard InChI is InChI=1S/C16H14F3N3O3/c17-12-8-14(19)15(9-13(12)18)21-16(23)2-1-7-20-10-3-5-11(6-4-10)22(24)25/h3-6,8-9,20H,1-2,7H2,(H,21,23). The molecule has 25 heavy (non-hydrogen) atoms. The Morgan fingerprint density at radius 3 is 2.32 bits per heavy atom. The minimum atomic E-state index is -1.33. The Bertz CT molecular complexity index is 782. The smallest absolute Gasteiger partial charge is 0.269 e. The first-order chi connectivity index (χ1) is 11.9. The van der Waals surface area contributed by atoms with Gasteiger partial charge in [0.25, 0.3) is 5.69 Å². The fraction of sp³-hybridized carbons (Fsp3) is 0.188. The summed E-state index contributed by atoms with van der Waals surface area (Å²) in [6.07, 6.45) is 0.409. The number of carbonyl (C=O) groups excluding carboxylic acids is 1. The van der Waals surface area contributed by atoms with Crippen LogP contribution in [0.2, 0.25) is 0 Å². The molecule has 0 aliphatic heterocycles. The molecule has 0 bridgehead atoms. The zero-order valence-corrected chi connectivity index (χ0v) is 12.9. The molecule has 0 aliphatic rings. The molecule has 0 saturated carbocycles. The van der Waals surface area contributed by atoms with E-state index in [9.17, 15) is 28.1 Å². The first-order valence-corrected chi connectivity index (χ1v) is 7.29. The summed E-state index contributed by atoms with van der Waals surface area (Å²) in [6, 6.07) is 6.71. The zero-order chi connectivity index (χ0) is 18.4. The largest absolute Gasteiger partial charge is 0.385 e. The normalized spacial score (nSPS) is 10.4. The van der Waals surface area contributed by atoms with Crippen LogP contribution in [0.3, 0.4) is 0 Å². The Morgan fingerprint density at radius 2 is 1.68 bits per heavy atom. The monoisotopic (exact) mass is 353 g/mol. The van der Waals surface area contributed by atoms with Gasteiger partial charge in [0, 0.05) is 42.9 Å². The molecule has 0 aromatic heterocycles. The molecule has 9 heteroatoms. The highest BCUT2D eigenvalue weighted by molar-refractivity contribution is 5.90. The van der Waals surface area contributed by atoms with Crippen molar-refractivity contribution in [3.05, 3.63) is 64.0 Å². The Kier molecular flexibility index (Phi) is 5.93. The number of nitrogens with zero attached hydrogens (tertiary/aromatic N) is 1. The molecule has 2 rings (SSSR count). The molecule has 2 N–H and O–H groups in total. The highest BCUT2D eigenvalue weighted by Crippen LogP contribution is 2.19. The molecule has 2 aromatic rings. The number of nitro benzene ring substituents is 1. The number of non-ortho nitro benzene ring substituents is 1. The molecule has 132 valence electrons. The van der Waals surface area contributed by atoms with Gasteiger partial charge in [-0.15, -0.1) is 0 Å². The van der Waals surface area contributed by atoms with Gasteiger partial charge in [-0.1, -0.05) is 0 Å². The molecule has 0 radical (unpaired) electrons. The third-order valence-electron chi connectivity index (χ3n) is 3.27. The third kappa shape index (κ3) is 5.20. The Labute approximate surface area is 140 Å². The van der Waals surface area contributed by atoms with Gasteiger partial charge in [-0.25, -0.2) is 13.2 Å². The lowest BCUT2D eigenvalue weighted by Gasteiger charge is -2.08. The summed E-state index contributed by atoms with van der Waals surface area (Å²) in [6.45, 7) is 0.394. The molecule has 0 heterocycles. The van der Waals surface area contributed by atoms with E-state index in [4.69, 9.17) is 0 Å². The molecule has 0 spiro atoms. The van der Waals surface area contributed by atoms with Gasteiger partial charge < -0.3 is 10.6 Å². The van der Waals surface area contributed by atoms with E-state index in [1.54, 1.807) is 0 Å². The van der Waals surface area contributed by atoms with E-state index in [0.717, 1.165) is 0 Å². The van der Waals surface area contributed by atoms with Gasteiger partial charge in [-0.05, 0) is 18.6 Å². The van der Waals surface area contributed by atoms with E-state index in [2.05, 4.69) is 10.6 Å². The van der Waals surface area contributed by atoms with Crippen LogP contribution in [-0.2, 0) is 4.79 Å². The number of carbonyl (C=O) groups is 1. The summed E-state index contributed by atoms with van der Waals surface area (Å²) < 4.78 is 39.2. The van der Waals surface area contributed by atoms with Crippen molar-refractivity contribution < 1.29 is 22.9 Å². The van der Waals surface area contributed by atoms with Crippen LogP contribution < -0.4 is 10.6 Å². The zero-order valence-electron chi connectivity index (χ0n) is 12.9. The quantitative estimate of drug-likeness (QED) is 0.343. The van der Waals surface area contributed by atoms with Crippen molar-refractivity contribution in [3.8, 4) is 0 Å². The molecule has 0 atom stereocenters. The van der Waals surface area contributed by atoms with Crippen molar-refractivity contribution in [2.45, 2.75) is 12.8 Å². The maximum absolute atomic E-state index is 13.4. The van der Waals surface area contributed by atoms with Crippen LogP contribution in [0.15, 0.2) is 36.4 Å². The highest BCUT2D eigenvalue weighted by atomic mass is 19.2. The van der Waals surface area contributed by atoms with E-state index < -0.39 is 34.0 Å². The molecule has 0 saturated heterocycles. The maximum Gasteiger partial charge on any atom is 0.269 e. The Morgan fingerprint density at radius 1 is 1.04 bits per heavy atom. The fourth-order valence-electron chi connectivity index (χ4n) is 2.01. The maximum atomic E-state index is 13.4. The molecule has 0 unspecified atom stereocenters. The Balaban J connectivity index is 1.77. The first kappa shape index (κ1) is 18.2. The lowest BCUT2D eigenvalue weighted by molar-refractivity contribution is -0.384. The van der Waals surface area contributed by atoms with Crippen LogP contribution in [0.4, 0.5) is 30.2 Å². The molecule has 2 aromatic carbocycles. The second-order valence-corrected chi connectivity index (χ2v) is 5.13. The average molecular weight is 353 g/mol. The fourth-order valence-corrected chi connectivity index (χ4v) is 2.01. The lowest BCUT2D eigenvalue weighted by atomic mass is 10.2. The number of hydrogen-bond donors (Lipinski definition) is 2. The average Bonchev–Trinajstić information content (AvgIpc) is 2.57. The van der Waals surface area contributed by atoms with E-state index >= 15 is 0 Å². The van der Waals surface area contributed by atoms with E-state index in [-0.39, 0.29) is 12.1 Å². The topological polar surface area (TPSA) is 84.3 Å². The summed E-state index contributed by atoms with van der Waals surface area (Å²) >= 11 is 0. The number of nitrogens with one attached hydrogen (secondary N) is 2. The molecule has 0 aliphatic carbocycles. The lowest BCUT2D eigenvalue weighted by Crippen LogP contribution is -2.14. The molecular formula is C16H14F3N3O3. The van der Waals surface area contributed by atoms with Gasteiger partial charge in [0.15, 0.2) is 11.6 Å². The van der Waals surface area contributed by atoms with Crippen molar-refractivity contribution in [1.82, 2.24) is 0 Å². The molecule has 6 nitrogen and oxygen atoms in total. The second-order valence-electron chi connectivity index (χ2n) is 5.13. The van der Waals surface area contributed by atoms with E-state index in [1.807, 2.05) is 0 Å². The molecule has 1 amide bonds. The predicted molar refractivity (Wildman–Crippen MR) is 85.8 cm³/mol. The van der Waals surface area contributed by atoms with E-state index in [0.29, 0.717) is 30.8 Å². The number of amides is 1. The van der Waals surface area contributed by atoms with Gasteiger partial charge in [-0.3, -0.25) is 14.9 Å². The minimum Gasteiger partial charge on any atom is -0.385 e. The van der Waals surface area contributed by atoms with Crippen molar-refractivity contribution in [2.75, 3.05) is 17.2 Å². The number of anilines is 2. The summed E-state index contributed by atoms with van der Waals surface area (Å²) in [7, 11) is 0. The van der Waals surface area contributed by atoms with Crippen molar-refractivity contribution in [1.29, 1.82) is 0 Å². The second kappa shape index (κ2) is 8.13. The van der Waals surface area contributed by atoms with Gasteiger partial charge in [-0.2, -0.15) is 0 Å². The van der Waals surface area contributed by atoms with Crippen molar-refractivity contribution >= 4 is 23.0 Å². The molecule has 0 fully saturated rings. The van der Waals surface area contributed by atoms with Crippen LogP contribution in [0, 0.1) is 27.6 Å². The highest BCUT2D eigenvalue weighted by Gasteiger charge is 2.12. The van der Waals surface area contributed by atoms with Crippen LogP contribution in [-0.4, -0.2) is 17.4 Å². The number of hydrogen-bond acceptors (Lipinski definition) is 4. The Hall–Kier alpha value is -3.10. The van der Waals surface area contributed by atoms with Gasteiger partial charge in [0.1, 0.15) is 5.82 Å². The summed E-state index contributed by atoms with van der Waals surface area (Å²) in [5.74, 6) is -4.19. The van der Waals surface area contributed by atoms with Gasteiger partial charge >= 0.3 is 0 Å². The number of halogens is 3. The minimum absolute atomic E-state index is 0.0262. The number of rotatable bonds is 7. The number of nitro groups is 1. The van der Waals surface area contributed by atoms with Crippen molar-refractivity contribution in [2.24, 2.45) is 0 Å². The predicted octanol–water partition coefficient (Wildman–Crippen LogP) is 3.84.